The van der Waals surface area contributed by atoms with Crippen molar-refractivity contribution in [2.45, 2.75) is 32.4 Å². The first kappa shape index (κ1) is 12.5. The van der Waals surface area contributed by atoms with Crippen LogP contribution in [0.4, 0.5) is 0 Å². The van der Waals surface area contributed by atoms with Gasteiger partial charge in [0.15, 0.2) is 0 Å². The molecule has 108 valence electrons. The molecule has 0 radical (unpaired) electrons. The molecule has 0 N–H and O–H groups in total. The van der Waals surface area contributed by atoms with E-state index >= 15 is 0 Å². The largest absolute Gasteiger partial charge is 0.361 e. The summed E-state index contributed by atoms with van der Waals surface area (Å²) < 4.78 is 10.1. The molecule has 3 aromatic rings. The highest BCUT2D eigenvalue weighted by Crippen LogP contribution is 2.33. The van der Waals surface area contributed by atoms with Crippen molar-refractivity contribution in [1.82, 2.24) is 20.4 Å². The van der Waals surface area contributed by atoms with Gasteiger partial charge >= 0.3 is 0 Å². The van der Waals surface area contributed by atoms with Gasteiger partial charge in [0.05, 0.1) is 6.04 Å². The Labute approximate surface area is 121 Å². The lowest BCUT2D eigenvalue weighted by Gasteiger charge is -2.22. The quantitative estimate of drug-likeness (QED) is 0.736. The number of rotatable bonds is 3. The molecule has 0 saturated carbocycles. The Kier molecular flexibility index (Phi) is 2.96. The average Bonchev–Trinajstić information content (AvgIpc) is 3.18. The van der Waals surface area contributed by atoms with E-state index in [2.05, 4.69) is 26.4 Å². The molecular weight excluding hydrogens is 268 g/mol. The first-order chi connectivity index (χ1) is 10.3. The topological polar surface area (TPSA) is 68.2 Å². The van der Waals surface area contributed by atoms with Gasteiger partial charge in [-0.1, -0.05) is 17.3 Å². The summed E-state index contributed by atoms with van der Waals surface area (Å²) in [6.45, 7) is 3.80. The number of benzene rings is 1. The molecule has 1 aromatic carbocycles. The second-order valence-electron chi connectivity index (χ2n) is 5.54. The minimum atomic E-state index is 0.317. The fraction of sp³-hybridized carbons (Fsp3) is 0.400. The van der Waals surface area contributed by atoms with Gasteiger partial charge in [-0.25, -0.2) is 4.63 Å². The van der Waals surface area contributed by atoms with Gasteiger partial charge in [-0.2, -0.15) is 0 Å². The van der Waals surface area contributed by atoms with Crippen LogP contribution in [0, 0.1) is 6.92 Å². The molecule has 1 atom stereocenters. The van der Waals surface area contributed by atoms with Crippen LogP contribution in [-0.4, -0.2) is 26.9 Å². The highest BCUT2D eigenvalue weighted by Gasteiger charge is 2.29. The summed E-state index contributed by atoms with van der Waals surface area (Å²) >= 11 is 0. The number of hydrogen-bond acceptors (Lipinski definition) is 6. The minimum absolute atomic E-state index is 0.317. The normalized spacial score (nSPS) is 19.6. The maximum absolute atomic E-state index is 5.22. The monoisotopic (exact) mass is 284 g/mol. The molecule has 2 aromatic heterocycles. The lowest BCUT2D eigenvalue weighted by molar-refractivity contribution is 0.237. The predicted octanol–water partition coefficient (Wildman–Crippen LogP) is 2.86. The average molecular weight is 284 g/mol. The number of aryl methyl sites for hydroxylation is 1. The summed E-state index contributed by atoms with van der Waals surface area (Å²) in [4.78, 5) is 2.42. The van der Waals surface area contributed by atoms with Crippen molar-refractivity contribution in [1.29, 1.82) is 0 Å². The highest BCUT2D eigenvalue weighted by molar-refractivity contribution is 5.76. The third-order valence-corrected chi connectivity index (χ3v) is 4.09. The minimum Gasteiger partial charge on any atom is -0.361 e. The van der Waals surface area contributed by atoms with Crippen LogP contribution in [0.15, 0.2) is 33.4 Å². The van der Waals surface area contributed by atoms with Crippen molar-refractivity contribution < 1.29 is 9.15 Å². The van der Waals surface area contributed by atoms with Crippen molar-refractivity contribution in [3.63, 3.8) is 0 Å². The van der Waals surface area contributed by atoms with Gasteiger partial charge in [0.25, 0.3) is 0 Å². The standard InChI is InChI=1S/C15H16N4O2/c1-10-8-13(16-20-10)14-6-3-7-19(14)9-11-4-2-5-12-15(11)18-21-17-12/h2,4-5,8,14H,3,6-7,9H2,1H3/t14-/m0/s1. The highest BCUT2D eigenvalue weighted by atomic mass is 16.6. The number of aromatic nitrogens is 3. The molecule has 1 aliphatic heterocycles. The van der Waals surface area contributed by atoms with Crippen LogP contribution in [-0.2, 0) is 6.54 Å². The van der Waals surface area contributed by atoms with Crippen LogP contribution in [0.5, 0.6) is 0 Å². The Hall–Kier alpha value is -2.21. The van der Waals surface area contributed by atoms with E-state index < -0.39 is 0 Å². The summed E-state index contributed by atoms with van der Waals surface area (Å²) in [5.41, 5.74) is 3.82. The fourth-order valence-corrected chi connectivity index (χ4v) is 3.10. The zero-order chi connectivity index (χ0) is 14.2. The van der Waals surface area contributed by atoms with E-state index in [4.69, 9.17) is 9.15 Å². The van der Waals surface area contributed by atoms with Gasteiger partial charge in [-0.15, -0.1) is 0 Å². The predicted molar refractivity (Wildman–Crippen MR) is 75.4 cm³/mol. The zero-order valence-electron chi connectivity index (χ0n) is 11.8. The van der Waals surface area contributed by atoms with Gasteiger partial charge in [0.1, 0.15) is 22.5 Å². The summed E-state index contributed by atoms with van der Waals surface area (Å²) in [6.07, 6.45) is 2.28. The molecular formula is C15H16N4O2. The Bertz CT molecular complexity index is 764. The molecule has 0 bridgehead atoms. The number of likely N-dealkylation sites (tertiary alicyclic amines) is 1. The van der Waals surface area contributed by atoms with E-state index in [9.17, 15) is 0 Å². The Balaban J connectivity index is 1.62. The molecule has 21 heavy (non-hydrogen) atoms. The van der Waals surface area contributed by atoms with Crippen LogP contribution in [0.1, 0.15) is 35.9 Å². The first-order valence-electron chi connectivity index (χ1n) is 7.19. The molecule has 3 heterocycles. The van der Waals surface area contributed by atoms with Gasteiger partial charge in [0, 0.05) is 12.6 Å². The van der Waals surface area contributed by atoms with Crippen molar-refractivity contribution >= 4 is 11.0 Å². The molecule has 4 rings (SSSR count). The molecule has 0 aliphatic carbocycles. The van der Waals surface area contributed by atoms with Gasteiger partial charge in [0.2, 0.25) is 0 Å². The maximum Gasteiger partial charge on any atom is 0.139 e. The number of nitrogens with zero attached hydrogens (tertiary/aromatic N) is 4. The smallest absolute Gasteiger partial charge is 0.139 e. The van der Waals surface area contributed by atoms with Crippen LogP contribution < -0.4 is 0 Å². The molecule has 1 saturated heterocycles. The number of hydrogen-bond donors (Lipinski definition) is 0. The van der Waals surface area contributed by atoms with E-state index in [1.165, 1.54) is 6.42 Å². The Morgan fingerprint density at radius 1 is 1.29 bits per heavy atom. The van der Waals surface area contributed by atoms with Crippen LogP contribution in [0.2, 0.25) is 0 Å². The zero-order valence-corrected chi connectivity index (χ0v) is 11.8. The van der Waals surface area contributed by atoms with E-state index in [0.29, 0.717) is 6.04 Å². The Morgan fingerprint density at radius 3 is 3.10 bits per heavy atom. The maximum atomic E-state index is 5.22. The third-order valence-electron chi connectivity index (χ3n) is 4.09. The second kappa shape index (κ2) is 4.96. The summed E-state index contributed by atoms with van der Waals surface area (Å²) in [5, 5.41) is 12.1. The van der Waals surface area contributed by atoms with E-state index in [1.807, 2.05) is 25.1 Å². The number of fused-ring (bicyclic) bond motifs is 1. The van der Waals surface area contributed by atoms with Crippen molar-refractivity contribution in [3.8, 4) is 0 Å². The molecule has 0 spiro atoms. The SMILES string of the molecule is Cc1cc([C@@H]2CCCN2Cc2cccc3nonc23)no1. The molecule has 1 fully saturated rings. The van der Waals surface area contributed by atoms with Crippen LogP contribution >= 0.6 is 0 Å². The van der Waals surface area contributed by atoms with Gasteiger partial charge < -0.3 is 4.52 Å². The van der Waals surface area contributed by atoms with Crippen LogP contribution in [0.3, 0.4) is 0 Å². The molecule has 0 unspecified atom stereocenters. The summed E-state index contributed by atoms with van der Waals surface area (Å²) in [6, 6.07) is 8.33. The van der Waals surface area contributed by atoms with E-state index in [0.717, 1.165) is 47.6 Å². The fourth-order valence-electron chi connectivity index (χ4n) is 3.10. The van der Waals surface area contributed by atoms with Gasteiger partial charge in [-0.05, 0) is 48.3 Å². The van der Waals surface area contributed by atoms with Crippen molar-refractivity contribution in [2.24, 2.45) is 0 Å². The molecule has 6 heteroatoms. The van der Waals surface area contributed by atoms with Crippen molar-refractivity contribution in [3.05, 3.63) is 41.3 Å². The van der Waals surface area contributed by atoms with E-state index in [-0.39, 0.29) is 0 Å². The van der Waals surface area contributed by atoms with Crippen molar-refractivity contribution in [2.75, 3.05) is 6.54 Å². The first-order valence-corrected chi connectivity index (χ1v) is 7.19. The lowest BCUT2D eigenvalue weighted by Crippen LogP contribution is -2.23. The second-order valence-corrected chi connectivity index (χ2v) is 5.54. The summed E-state index contributed by atoms with van der Waals surface area (Å²) in [7, 11) is 0. The lowest BCUT2D eigenvalue weighted by atomic mass is 10.1. The van der Waals surface area contributed by atoms with Gasteiger partial charge in [-0.3, -0.25) is 4.90 Å². The molecule has 1 aliphatic rings. The summed E-state index contributed by atoms with van der Waals surface area (Å²) in [5.74, 6) is 0.861. The van der Waals surface area contributed by atoms with E-state index in [1.54, 1.807) is 0 Å². The van der Waals surface area contributed by atoms with Crippen LogP contribution in [0.25, 0.3) is 11.0 Å². The molecule has 0 amide bonds. The molecule has 6 nitrogen and oxygen atoms in total. The Morgan fingerprint density at radius 2 is 2.24 bits per heavy atom. The third kappa shape index (κ3) is 2.21.